The second-order valence-electron chi connectivity index (χ2n) is 3.97. The molecule has 0 aliphatic carbocycles. The average Bonchev–Trinajstić information content (AvgIpc) is 2.27. The van der Waals surface area contributed by atoms with Gasteiger partial charge in [-0.15, -0.1) is 0 Å². The molecule has 1 rings (SSSR count). The van der Waals surface area contributed by atoms with E-state index in [0.717, 1.165) is 32.7 Å². The molecule has 1 fully saturated rings. The van der Waals surface area contributed by atoms with Crippen LogP contribution in [0.4, 0.5) is 0 Å². The van der Waals surface area contributed by atoms with Crippen LogP contribution in [0, 0.1) is 11.3 Å². The fraction of sp³-hybridized carbons (Fsp3) is 0.909. The van der Waals surface area contributed by atoms with Crippen molar-refractivity contribution in [3.8, 4) is 6.07 Å². The highest BCUT2D eigenvalue weighted by Gasteiger charge is 2.24. The maximum Gasteiger partial charge on any atom is 0.0826 e. The molecular formula is C11H21N3O. The lowest BCUT2D eigenvalue weighted by Crippen LogP contribution is -2.50. The van der Waals surface area contributed by atoms with Gasteiger partial charge in [-0.3, -0.25) is 4.90 Å². The highest BCUT2D eigenvalue weighted by Crippen LogP contribution is 2.13. The van der Waals surface area contributed by atoms with Crippen molar-refractivity contribution in [3.63, 3.8) is 0 Å². The number of likely N-dealkylation sites (N-methyl/N-ethyl adjacent to an activating group) is 1. The van der Waals surface area contributed by atoms with Gasteiger partial charge in [-0.1, -0.05) is 6.92 Å². The molecule has 0 saturated carbocycles. The number of hydrogen-bond donors (Lipinski definition) is 1. The fourth-order valence-electron chi connectivity index (χ4n) is 2.06. The van der Waals surface area contributed by atoms with Gasteiger partial charge in [0.15, 0.2) is 0 Å². The quantitative estimate of drug-likeness (QED) is 0.723. The molecule has 0 spiro atoms. The van der Waals surface area contributed by atoms with Crippen molar-refractivity contribution >= 4 is 0 Å². The summed E-state index contributed by atoms with van der Waals surface area (Å²) in [6.45, 7) is 5.72. The maximum atomic E-state index is 8.75. The Balaban J connectivity index is 2.43. The van der Waals surface area contributed by atoms with E-state index in [2.05, 4.69) is 23.2 Å². The van der Waals surface area contributed by atoms with E-state index in [1.165, 1.54) is 0 Å². The Bertz CT molecular complexity index is 212. The van der Waals surface area contributed by atoms with E-state index in [1.807, 2.05) is 7.05 Å². The van der Waals surface area contributed by atoms with Crippen molar-refractivity contribution in [1.29, 1.82) is 5.26 Å². The van der Waals surface area contributed by atoms with Crippen molar-refractivity contribution in [2.45, 2.75) is 31.9 Å². The summed E-state index contributed by atoms with van der Waals surface area (Å²) in [5.41, 5.74) is 0. The third-order valence-corrected chi connectivity index (χ3v) is 2.92. The fourth-order valence-corrected chi connectivity index (χ4v) is 2.06. The van der Waals surface area contributed by atoms with Gasteiger partial charge in [-0.25, -0.2) is 0 Å². The first-order valence-electron chi connectivity index (χ1n) is 5.69. The topological polar surface area (TPSA) is 48.3 Å². The summed E-state index contributed by atoms with van der Waals surface area (Å²) in [6, 6.07) is 2.67. The van der Waals surface area contributed by atoms with E-state index in [9.17, 15) is 0 Å². The molecule has 2 unspecified atom stereocenters. The van der Waals surface area contributed by atoms with Crippen LogP contribution < -0.4 is 5.32 Å². The lowest BCUT2D eigenvalue weighted by molar-refractivity contribution is -0.0411. The van der Waals surface area contributed by atoms with E-state index in [4.69, 9.17) is 10.00 Å². The Kier molecular flexibility index (Phi) is 5.62. The molecule has 0 aromatic rings. The molecule has 0 radical (unpaired) electrons. The Labute approximate surface area is 92.2 Å². The zero-order valence-electron chi connectivity index (χ0n) is 9.70. The first kappa shape index (κ1) is 12.4. The lowest BCUT2D eigenvalue weighted by atomic mass is 10.1. The summed E-state index contributed by atoms with van der Waals surface area (Å²) in [5.74, 6) is 0. The normalized spacial score (nSPS) is 24.7. The smallest absolute Gasteiger partial charge is 0.0826 e. The molecule has 1 saturated heterocycles. The third kappa shape index (κ3) is 3.78. The highest BCUT2D eigenvalue weighted by molar-refractivity contribution is 4.85. The van der Waals surface area contributed by atoms with Crippen molar-refractivity contribution in [1.82, 2.24) is 10.2 Å². The van der Waals surface area contributed by atoms with Gasteiger partial charge in [0.05, 0.1) is 25.2 Å². The molecule has 0 aromatic carbocycles. The average molecular weight is 211 g/mol. The number of nitrogens with zero attached hydrogens (tertiary/aromatic N) is 2. The van der Waals surface area contributed by atoms with Crippen LogP contribution in [0.25, 0.3) is 0 Å². The molecule has 86 valence electrons. The Morgan fingerprint density at radius 1 is 1.67 bits per heavy atom. The number of morpholine rings is 1. The van der Waals surface area contributed by atoms with E-state index in [0.29, 0.717) is 12.5 Å². The van der Waals surface area contributed by atoms with E-state index < -0.39 is 0 Å². The van der Waals surface area contributed by atoms with Crippen LogP contribution >= 0.6 is 0 Å². The van der Waals surface area contributed by atoms with Crippen LogP contribution in [-0.4, -0.2) is 50.3 Å². The highest BCUT2D eigenvalue weighted by atomic mass is 16.5. The van der Waals surface area contributed by atoms with Crippen LogP contribution in [0.3, 0.4) is 0 Å². The molecule has 0 amide bonds. The summed E-state index contributed by atoms with van der Waals surface area (Å²) in [4.78, 5) is 2.38. The monoisotopic (exact) mass is 211 g/mol. The van der Waals surface area contributed by atoms with Crippen LogP contribution in [0.5, 0.6) is 0 Å². The Hall–Kier alpha value is -0.630. The van der Waals surface area contributed by atoms with Crippen LogP contribution in [-0.2, 0) is 4.74 Å². The van der Waals surface area contributed by atoms with Gasteiger partial charge in [0.25, 0.3) is 0 Å². The van der Waals surface area contributed by atoms with Gasteiger partial charge in [0.1, 0.15) is 0 Å². The molecule has 4 nitrogen and oxygen atoms in total. The standard InChI is InChI=1S/C11H21N3O/c1-3-10(4-5-12)14-6-7-15-11(9-14)8-13-2/h10-11,13H,3-4,6-9H2,1-2H3. The second-order valence-corrected chi connectivity index (χ2v) is 3.97. The minimum Gasteiger partial charge on any atom is -0.374 e. The van der Waals surface area contributed by atoms with E-state index in [-0.39, 0.29) is 6.10 Å². The van der Waals surface area contributed by atoms with Crippen molar-refractivity contribution < 1.29 is 4.74 Å². The van der Waals surface area contributed by atoms with Crippen molar-refractivity contribution in [2.75, 3.05) is 33.3 Å². The first-order chi connectivity index (χ1) is 7.31. The first-order valence-corrected chi connectivity index (χ1v) is 5.69. The predicted octanol–water partition coefficient (Wildman–Crippen LogP) is 0.599. The molecular weight excluding hydrogens is 190 g/mol. The molecule has 0 aromatic heterocycles. The summed E-state index contributed by atoms with van der Waals surface area (Å²) < 4.78 is 5.63. The number of nitrogens with one attached hydrogen (secondary N) is 1. The van der Waals surface area contributed by atoms with E-state index in [1.54, 1.807) is 0 Å². The molecule has 1 heterocycles. The summed E-state index contributed by atoms with van der Waals surface area (Å²) in [7, 11) is 1.94. The number of ether oxygens (including phenoxy) is 1. The summed E-state index contributed by atoms with van der Waals surface area (Å²) in [6.07, 6.45) is 1.94. The van der Waals surface area contributed by atoms with Crippen LogP contribution in [0.1, 0.15) is 19.8 Å². The molecule has 4 heteroatoms. The predicted molar refractivity (Wildman–Crippen MR) is 59.5 cm³/mol. The summed E-state index contributed by atoms with van der Waals surface area (Å²) in [5, 5.41) is 11.9. The van der Waals surface area contributed by atoms with Gasteiger partial charge in [-0.2, -0.15) is 5.26 Å². The number of hydrogen-bond acceptors (Lipinski definition) is 4. The number of rotatable bonds is 5. The Morgan fingerprint density at radius 2 is 2.47 bits per heavy atom. The minimum atomic E-state index is 0.275. The van der Waals surface area contributed by atoms with Gasteiger partial charge in [0, 0.05) is 25.7 Å². The largest absolute Gasteiger partial charge is 0.374 e. The molecule has 1 N–H and O–H groups in total. The molecule has 0 bridgehead atoms. The second kappa shape index (κ2) is 6.78. The maximum absolute atomic E-state index is 8.75. The van der Waals surface area contributed by atoms with Gasteiger partial charge >= 0.3 is 0 Å². The molecule has 1 aliphatic heterocycles. The van der Waals surface area contributed by atoms with Crippen molar-refractivity contribution in [2.24, 2.45) is 0 Å². The lowest BCUT2D eigenvalue weighted by Gasteiger charge is -2.37. The molecule has 2 atom stereocenters. The SMILES string of the molecule is CCC(CC#N)N1CCOC(CNC)C1. The number of nitriles is 1. The third-order valence-electron chi connectivity index (χ3n) is 2.92. The van der Waals surface area contributed by atoms with Crippen LogP contribution in [0.15, 0.2) is 0 Å². The molecule has 1 aliphatic rings. The zero-order valence-corrected chi connectivity index (χ0v) is 9.70. The minimum absolute atomic E-state index is 0.275. The van der Waals surface area contributed by atoms with Crippen molar-refractivity contribution in [3.05, 3.63) is 0 Å². The van der Waals surface area contributed by atoms with Crippen LogP contribution in [0.2, 0.25) is 0 Å². The van der Waals surface area contributed by atoms with E-state index >= 15 is 0 Å². The summed E-state index contributed by atoms with van der Waals surface area (Å²) >= 11 is 0. The van der Waals surface area contributed by atoms with Gasteiger partial charge in [-0.05, 0) is 13.5 Å². The zero-order chi connectivity index (χ0) is 11.1. The molecule has 15 heavy (non-hydrogen) atoms. The van der Waals surface area contributed by atoms with Gasteiger partial charge < -0.3 is 10.1 Å². The Morgan fingerprint density at radius 3 is 3.07 bits per heavy atom. The van der Waals surface area contributed by atoms with Gasteiger partial charge in [0.2, 0.25) is 0 Å².